The van der Waals surface area contributed by atoms with E-state index in [9.17, 15) is 5.11 Å². The molecule has 0 saturated carbocycles. The number of pyridine rings is 1. The fourth-order valence-electron chi connectivity index (χ4n) is 3.48. The maximum atomic E-state index is 9.37. The highest BCUT2D eigenvalue weighted by molar-refractivity contribution is 5.99. The van der Waals surface area contributed by atoms with Crippen LogP contribution in [0.3, 0.4) is 0 Å². The van der Waals surface area contributed by atoms with Crippen LogP contribution in [-0.4, -0.2) is 46.9 Å². The zero-order valence-corrected chi connectivity index (χ0v) is 15.9. The Morgan fingerprint density at radius 1 is 1.32 bits per heavy atom. The Morgan fingerprint density at radius 3 is 3.00 bits per heavy atom. The molecule has 1 aromatic carbocycles. The Balaban J connectivity index is 1.43. The van der Waals surface area contributed by atoms with Crippen LogP contribution in [0.4, 0.5) is 0 Å². The number of aromatic nitrogens is 1. The molecular weight excluding hydrogens is 354 g/mol. The van der Waals surface area contributed by atoms with Crippen LogP contribution in [0.1, 0.15) is 22.4 Å². The molecule has 0 bridgehead atoms. The average Bonchev–Trinajstić information content (AvgIpc) is 3.16. The van der Waals surface area contributed by atoms with Crippen molar-refractivity contribution in [2.45, 2.75) is 25.9 Å². The minimum atomic E-state index is -0.146. The van der Waals surface area contributed by atoms with Crippen molar-refractivity contribution in [3.05, 3.63) is 65.0 Å². The normalized spacial score (nSPS) is 17.9. The first-order chi connectivity index (χ1) is 13.6. The lowest BCUT2D eigenvalue weighted by Crippen LogP contribution is -2.40. The number of nitrogens with zero attached hydrogens (tertiary/aromatic N) is 3. The van der Waals surface area contributed by atoms with Crippen LogP contribution in [0.15, 0.2) is 47.6 Å². The molecule has 146 valence electrons. The molecule has 7 heteroatoms. The molecule has 2 aliphatic rings. The molecule has 0 radical (unpaired) electrons. The number of aliphatic imine (C=N–C) groups is 1. The summed E-state index contributed by atoms with van der Waals surface area (Å²) in [6, 6.07) is 10.2. The molecule has 28 heavy (non-hydrogen) atoms. The smallest absolute Gasteiger partial charge is 0.141 e. The van der Waals surface area contributed by atoms with E-state index in [0.717, 1.165) is 52.5 Å². The van der Waals surface area contributed by atoms with Crippen molar-refractivity contribution >= 4 is 11.5 Å². The number of fused-ring (bicyclic) bond motifs is 1. The van der Waals surface area contributed by atoms with Crippen LogP contribution in [0.5, 0.6) is 5.75 Å². The van der Waals surface area contributed by atoms with Crippen molar-refractivity contribution < 1.29 is 9.84 Å². The highest BCUT2D eigenvalue weighted by atomic mass is 16.5. The zero-order chi connectivity index (χ0) is 19.5. The number of aryl methyl sites for hydroxylation is 1. The second kappa shape index (κ2) is 8.00. The van der Waals surface area contributed by atoms with Crippen molar-refractivity contribution in [1.29, 1.82) is 0 Å². The SMILES string of the molecule is Cc1ccc(C2=CC(N(N)CCc3cccc4c3O[C@H](CO)C4)=NCN2)cn1. The minimum Gasteiger partial charge on any atom is -0.487 e. The summed E-state index contributed by atoms with van der Waals surface area (Å²) in [5.41, 5.74) is 5.20. The highest BCUT2D eigenvalue weighted by Crippen LogP contribution is 2.32. The number of hydrogen-bond donors (Lipinski definition) is 3. The molecule has 0 aliphatic carbocycles. The molecule has 0 saturated heterocycles. The number of hydrazine groups is 1. The highest BCUT2D eigenvalue weighted by Gasteiger charge is 2.24. The molecular formula is C21H25N5O2. The number of rotatable bonds is 5. The number of ether oxygens (including phenoxy) is 1. The standard InChI is InChI=1S/C21H25N5O2/c1-14-5-6-17(11-23-14)19-10-20(25-13-24-19)26(22)8-7-15-3-2-4-16-9-18(12-27)28-21(15)16/h2-6,10-11,18,24,27H,7-9,12-13,22H2,1H3/t18-/m0/s1. The Hall–Kier alpha value is -2.90. The maximum Gasteiger partial charge on any atom is 0.141 e. The van der Waals surface area contributed by atoms with Crippen LogP contribution in [0.25, 0.3) is 5.70 Å². The number of para-hydroxylation sites is 1. The van der Waals surface area contributed by atoms with Gasteiger partial charge in [0.15, 0.2) is 0 Å². The maximum absolute atomic E-state index is 9.37. The van der Waals surface area contributed by atoms with Crippen molar-refractivity contribution in [3.63, 3.8) is 0 Å². The summed E-state index contributed by atoms with van der Waals surface area (Å²) in [4.78, 5) is 8.83. The van der Waals surface area contributed by atoms with E-state index in [2.05, 4.69) is 27.4 Å². The number of amidine groups is 1. The number of aliphatic hydroxyl groups is 1. The Kier molecular flexibility index (Phi) is 5.27. The van der Waals surface area contributed by atoms with Crippen molar-refractivity contribution in [2.24, 2.45) is 10.8 Å². The van der Waals surface area contributed by atoms with Gasteiger partial charge in [-0.3, -0.25) is 9.99 Å². The van der Waals surface area contributed by atoms with Gasteiger partial charge in [0.2, 0.25) is 0 Å². The average molecular weight is 379 g/mol. The number of benzene rings is 1. The molecule has 4 N–H and O–H groups in total. The summed E-state index contributed by atoms with van der Waals surface area (Å²) in [5, 5.41) is 14.3. The van der Waals surface area contributed by atoms with E-state index in [1.54, 1.807) is 5.01 Å². The summed E-state index contributed by atoms with van der Waals surface area (Å²) in [6.45, 7) is 3.08. The molecule has 2 aromatic rings. The first-order valence-corrected chi connectivity index (χ1v) is 9.47. The van der Waals surface area contributed by atoms with Crippen LogP contribution in [-0.2, 0) is 12.8 Å². The van der Waals surface area contributed by atoms with E-state index in [1.165, 1.54) is 0 Å². The topological polar surface area (TPSA) is 96.0 Å². The van der Waals surface area contributed by atoms with Gasteiger partial charge < -0.3 is 15.2 Å². The molecule has 1 aromatic heterocycles. The second-order valence-corrected chi connectivity index (χ2v) is 7.07. The fraction of sp³-hybridized carbons (Fsp3) is 0.333. The number of nitrogens with two attached hydrogens (primary N) is 1. The van der Waals surface area contributed by atoms with Gasteiger partial charge in [-0.1, -0.05) is 18.2 Å². The molecule has 1 atom stereocenters. The molecule has 4 rings (SSSR count). The lowest BCUT2D eigenvalue weighted by molar-refractivity contribution is 0.134. The van der Waals surface area contributed by atoms with Gasteiger partial charge in [0.25, 0.3) is 0 Å². The predicted molar refractivity (Wildman–Crippen MR) is 109 cm³/mol. The molecule has 0 amide bonds. The minimum absolute atomic E-state index is 0.0301. The summed E-state index contributed by atoms with van der Waals surface area (Å²) in [7, 11) is 0. The number of aliphatic hydroxyl groups excluding tert-OH is 1. The predicted octanol–water partition coefficient (Wildman–Crippen LogP) is 1.40. The van der Waals surface area contributed by atoms with E-state index in [-0.39, 0.29) is 12.7 Å². The summed E-state index contributed by atoms with van der Waals surface area (Å²) >= 11 is 0. The van der Waals surface area contributed by atoms with Crippen molar-refractivity contribution in [3.8, 4) is 5.75 Å². The zero-order valence-electron chi connectivity index (χ0n) is 15.9. The Labute approximate surface area is 164 Å². The Morgan fingerprint density at radius 2 is 2.21 bits per heavy atom. The van der Waals surface area contributed by atoms with E-state index in [1.807, 2.05) is 37.4 Å². The van der Waals surface area contributed by atoms with Crippen LogP contribution in [0.2, 0.25) is 0 Å². The molecule has 0 fully saturated rings. The Bertz CT molecular complexity index is 908. The van der Waals surface area contributed by atoms with Gasteiger partial charge >= 0.3 is 0 Å². The fourth-order valence-corrected chi connectivity index (χ4v) is 3.48. The third kappa shape index (κ3) is 3.85. The van der Waals surface area contributed by atoms with Crippen LogP contribution < -0.4 is 15.9 Å². The number of hydrogen-bond acceptors (Lipinski definition) is 7. The van der Waals surface area contributed by atoms with Crippen LogP contribution >= 0.6 is 0 Å². The van der Waals surface area contributed by atoms with E-state index < -0.39 is 0 Å². The van der Waals surface area contributed by atoms with Gasteiger partial charge in [-0.25, -0.2) is 10.8 Å². The van der Waals surface area contributed by atoms with Crippen LogP contribution in [0, 0.1) is 6.92 Å². The summed E-state index contributed by atoms with van der Waals surface area (Å²) in [5.74, 6) is 7.92. The number of nitrogens with one attached hydrogen (secondary N) is 1. The van der Waals surface area contributed by atoms with Gasteiger partial charge in [0, 0.05) is 42.2 Å². The van der Waals surface area contributed by atoms with Gasteiger partial charge in [-0.05, 0) is 36.6 Å². The quantitative estimate of drug-likeness (QED) is 0.537. The van der Waals surface area contributed by atoms with Gasteiger partial charge in [-0.15, -0.1) is 0 Å². The first kappa shape index (κ1) is 18.5. The van der Waals surface area contributed by atoms with E-state index >= 15 is 0 Å². The summed E-state index contributed by atoms with van der Waals surface area (Å²) in [6.07, 6.45) is 5.14. The molecule has 0 spiro atoms. The van der Waals surface area contributed by atoms with Crippen molar-refractivity contribution in [1.82, 2.24) is 15.3 Å². The lowest BCUT2D eigenvalue weighted by Gasteiger charge is -2.23. The lowest BCUT2D eigenvalue weighted by atomic mass is 10.0. The molecule has 2 aliphatic heterocycles. The van der Waals surface area contributed by atoms with Gasteiger partial charge in [0.1, 0.15) is 24.4 Å². The van der Waals surface area contributed by atoms with Gasteiger partial charge in [0.05, 0.1) is 6.61 Å². The van der Waals surface area contributed by atoms with E-state index in [0.29, 0.717) is 13.2 Å². The molecule has 3 heterocycles. The second-order valence-electron chi connectivity index (χ2n) is 7.07. The van der Waals surface area contributed by atoms with E-state index in [4.69, 9.17) is 10.6 Å². The first-order valence-electron chi connectivity index (χ1n) is 9.47. The monoisotopic (exact) mass is 379 g/mol. The van der Waals surface area contributed by atoms with Crippen molar-refractivity contribution in [2.75, 3.05) is 19.8 Å². The van der Waals surface area contributed by atoms with Gasteiger partial charge in [-0.2, -0.15) is 0 Å². The molecule has 0 unspecified atom stereocenters. The third-order valence-electron chi connectivity index (χ3n) is 5.04. The molecule has 7 nitrogen and oxygen atoms in total. The summed E-state index contributed by atoms with van der Waals surface area (Å²) < 4.78 is 5.88. The third-order valence-corrected chi connectivity index (χ3v) is 5.04. The largest absolute Gasteiger partial charge is 0.487 e.